The van der Waals surface area contributed by atoms with E-state index in [2.05, 4.69) is 10.3 Å². The number of hydrogen-bond acceptors (Lipinski definition) is 3. The molecule has 0 saturated heterocycles. The molecule has 0 unspecified atom stereocenters. The first-order chi connectivity index (χ1) is 8.52. The highest BCUT2D eigenvalue weighted by Gasteiger charge is 2.04. The smallest absolute Gasteiger partial charge is 0.223 e. The maximum Gasteiger partial charge on any atom is 0.223 e. The summed E-state index contributed by atoms with van der Waals surface area (Å²) < 4.78 is 5.37. The zero-order valence-corrected chi connectivity index (χ0v) is 11.1. The van der Waals surface area contributed by atoms with Gasteiger partial charge >= 0.3 is 0 Å². The number of amides is 1. The van der Waals surface area contributed by atoms with Crippen molar-refractivity contribution in [3.63, 3.8) is 0 Å². The van der Waals surface area contributed by atoms with Gasteiger partial charge in [-0.25, -0.2) is 0 Å². The van der Waals surface area contributed by atoms with E-state index in [1.165, 1.54) is 12.3 Å². The van der Waals surface area contributed by atoms with E-state index in [0.717, 1.165) is 0 Å². The zero-order valence-electron chi connectivity index (χ0n) is 11.1. The minimum Gasteiger partial charge on any atom is -0.488 e. The Bertz CT molecular complexity index is 452. The first kappa shape index (κ1) is 14.3. The van der Waals surface area contributed by atoms with Gasteiger partial charge in [0.15, 0.2) is 5.75 Å². The molecule has 1 heterocycles. The number of pyridine rings is 1. The first-order valence-electron chi connectivity index (χ1n) is 6.14. The van der Waals surface area contributed by atoms with Crippen molar-refractivity contribution in [3.8, 4) is 5.75 Å². The zero-order chi connectivity index (χ0) is 13.5. The third-order valence-electron chi connectivity index (χ3n) is 2.31. The molecule has 1 rings (SSSR count). The second-order valence-corrected chi connectivity index (χ2v) is 4.52. The number of hydrogen-bond donors (Lipinski definition) is 2. The summed E-state index contributed by atoms with van der Waals surface area (Å²) in [4.78, 5) is 25.7. The number of nitrogens with one attached hydrogen (secondary N) is 2. The van der Waals surface area contributed by atoms with E-state index < -0.39 is 0 Å². The second-order valence-electron chi connectivity index (χ2n) is 4.52. The molecule has 0 spiro atoms. The molecule has 0 radical (unpaired) electrons. The Labute approximate surface area is 107 Å². The summed E-state index contributed by atoms with van der Waals surface area (Å²) in [5.41, 5.74) is 0.494. The van der Waals surface area contributed by atoms with Gasteiger partial charge < -0.3 is 15.0 Å². The summed E-state index contributed by atoms with van der Waals surface area (Å²) in [5, 5.41) is 2.70. The number of H-pyrrole nitrogens is 1. The molecule has 1 aromatic rings. The van der Waals surface area contributed by atoms with Gasteiger partial charge in [0.1, 0.15) is 0 Å². The van der Waals surface area contributed by atoms with E-state index in [9.17, 15) is 9.59 Å². The highest BCUT2D eigenvalue weighted by molar-refractivity contribution is 5.75. The molecule has 2 N–H and O–H groups in total. The van der Waals surface area contributed by atoms with E-state index in [1.807, 2.05) is 13.8 Å². The molecule has 0 atom stereocenters. The summed E-state index contributed by atoms with van der Waals surface area (Å²) in [6.07, 6.45) is 1.97. The quantitative estimate of drug-likeness (QED) is 0.804. The van der Waals surface area contributed by atoms with Crippen LogP contribution < -0.4 is 15.5 Å². The van der Waals surface area contributed by atoms with Crippen LogP contribution >= 0.6 is 0 Å². The summed E-state index contributed by atoms with van der Waals surface area (Å²) in [7, 11) is 0. The minimum atomic E-state index is -0.171. The fraction of sp³-hybridized carbons (Fsp3) is 0.538. The number of ether oxygens (including phenoxy) is 1. The third-order valence-corrected chi connectivity index (χ3v) is 2.31. The summed E-state index contributed by atoms with van der Waals surface area (Å²) >= 11 is 0. The summed E-state index contributed by atoms with van der Waals surface area (Å²) in [6, 6.07) is 1.45. The number of aromatic amines is 1. The predicted molar refractivity (Wildman–Crippen MR) is 69.5 cm³/mol. The van der Waals surface area contributed by atoms with Crippen molar-refractivity contribution in [2.24, 2.45) is 5.92 Å². The van der Waals surface area contributed by atoms with Gasteiger partial charge in [-0.2, -0.15) is 0 Å². The number of aromatic nitrogens is 1. The monoisotopic (exact) mass is 252 g/mol. The van der Waals surface area contributed by atoms with Crippen molar-refractivity contribution >= 4 is 5.91 Å². The van der Waals surface area contributed by atoms with E-state index in [1.54, 1.807) is 6.92 Å². The Morgan fingerprint density at radius 1 is 1.50 bits per heavy atom. The van der Waals surface area contributed by atoms with Crippen molar-refractivity contribution < 1.29 is 9.53 Å². The second kappa shape index (κ2) is 6.83. The SMILES string of the molecule is CCC(=O)NCc1cc(=O)c(OCC(C)C)c[nH]1. The maximum atomic E-state index is 11.7. The van der Waals surface area contributed by atoms with Gasteiger partial charge in [0.25, 0.3) is 0 Å². The molecule has 18 heavy (non-hydrogen) atoms. The predicted octanol–water partition coefficient (Wildman–Crippen LogP) is 1.44. The van der Waals surface area contributed by atoms with Gasteiger partial charge in [-0.1, -0.05) is 20.8 Å². The van der Waals surface area contributed by atoms with E-state index in [4.69, 9.17) is 4.74 Å². The molecule has 0 aliphatic carbocycles. The molecule has 1 aromatic heterocycles. The van der Waals surface area contributed by atoms with Crippen LogP contribution in [0.3, 0.4) is 0 Å². The molecule has 0 fully saturated rings. The van der Waals surface area contributed by atoms with Crippen molar-refractivity contribution in [2.45, 2.75) is 33.7 Å². The van der Waals surface area contributed by atoms with Crippen LogP contribution in [-0.4, -0.2) is 17.5 Å². The molecule has 0 saturated carbocycles. The molecule has 100 valence electrons. The largest absolute Gasteiger partial charge is 0.488 e. The van der Waals surface area contributed by atoms with Crippen molar-refractivity contribution in [3.05, 3.63) is 28.2 Å². The Morgan fingerprint density at radius 3 is 2.78 bits per heavy atom. The van der Waals surface area contributed by atoms with Crippen LogP contribution in [0.2, 0.25) is 0 Å². The van der Waals surface area contributed by atoms with Gasteiger partial charge in [-0.15, -0.1) is 0 Å². The number of carbonyl (C=O) groups excluding carboxylic acids is 1. The van der Waals surface area contributed by atoms with Crippen molar-refractivity contribution in [2.75, 3.05) is 6.61 Å². The van der Waals surface area contributed by atoms with Crippen LogP contribution in [0.4, 0.5) is 0 Å². The molecule has 5 nitrogen and oxygen atoms in total. The Balaban J connectivity index is 2.62. The first-order valence-corrected chi connectivity index (χ1v) is 6.14. The normalized spacial score (nSPS) is 10.4. The summed E-state index contributed by atoms with van der Waals surface area (Å²) in [6.45, 7) is 6.65. The Hall–Kier alpha value is -1.78. The summed E-state index contributed by atoms with van der Waals surface area (Å²) in [5.74, 6) is 0.637. The highest BCUT2D eigenvalue weighted by atomic mass is 16.5. The van der Waals surface area contributed by atoms with Crippen molar-refractivity contribution in [1.29, 1.82) is 0 Å². The lowest BCUT2D eigenvalue weighted by Crippen LogP contribution is -2.23. The van der Waals surface area contributed by atoms with Crippen LogP contribution in [0.1, 0.15) is 32.9 Å². The molecular formula is C13H20N2O3. The molecule has 1 amide bonds. The molecule has 0 aliphatic rings. The average molecular weight is 252 g/mol. The molecule has 0 bridgehead atoms. The fourth-order valence-corrected chi connectivity index (χ4v) is 1.29. The third kappa shape index (κ3) is 4.61. The lowest BCUT2D eigenvalue weighted by molar-refractivity contribution is -0.120. The Kier molecular flexibility index (Phi) is 5.42. The molecule has 0 aromatic carbocycles. The van der Waals surface area contributed by atoms with Crippen LogP contribution in [0.15, 0.2) is 17.1 Å². The maximum absolute atomic E-state index is 11.7. The number of rotatable bonds is 6. The van der Waals surface area contributed by atoms with E-state index in [0.29, 0.717) is 36.9 Å². The molecule has 5 heteroatoms. The fourth-order valence-electron chi connectivity index (χ4n) is 1.29. The van der Waals surface area contributed by atoms with Gasteiger partial charge in [0.05, 0.1) is 13.2 Å². The lowest BCUT2D eigenvalue weighted by atomic mass is 10.2. The van der Waals surface area contributed by atoms with Gasteiger partial charge in [0, 0.05) is 24.4 Å². The van der Waals surface area contributed by atoms with Crippen LogP contribution in [0, 0.1) is 5.92 Å². The van der Waals surface area contributed by atoms with E-state index >= 15 is 0 Å². The topological polar surface area (TPSA) is 71.2 Å². The highest BCUT2D eigenvalue weighted by Crippen LogP contribution is 2.04. The minimum absolute atomic E-state index is 0.0454. The standard InChI is InChI=1S/C13H20N2O3/c1-4-13(17)15-6-10-5-11(16)12(7-14-10)18-8-9(2)3/h5,7,9H,4,6,8H2,1-3H3,(H,14,16)(H,15,17). The molecule has 0 aliphatic heterocycles. The molecular weight excluding hydrogens is 232 g/mol. The van der Waals surface area contributed by atoms with Gasteiger partial charge in [-0.05, 0) is 5.92 Å². The van der Waals surface area contributed by atoms with E-state index in [-0.39, 0.29) is 11.3 Å². The lowest BCUT2D eigenvalue weighted by Gasteiger charge is -2.09. The van der Waals surface area contributed by atoms with Gasteiger partial charge in [-0.3, -0.25) is 9.59 Å². The average Bonchev–Trinajstić information content (AvgIpc) is 2.34. The number of carbonyl (C=O) groups is 1. The van der Waals surface area contributed by atoms with Crippen molar-refractivity contribution in [1.82, 2.24) is 10.3 Å². The van der Waals surface area contributed by atoms with Gasteiger partial charge in [0.2, 0.25) is 11.3 Å². The van der Waals surface area contributed by atoms with Crippen LogP contribution in [0.5, 0.6) is 5.75 Å². The van der Waals surface area contributed by atoms with Crippen LogP contribution in [-0.2, 0) is 11.3 Å². The van der Waals surface area contributed by atoms with Crippen LogP contribution in [0.25, 0.3) is 0 Å². The Morgan fingerprint density at radius 2 is 2.22 bits per heavy atom.